The van der Waals surface area contributed by atoms with E-state index in [1.807, 2.05) is 30.3 Å². The summed E-state index contributed by atoms with van der Waals surface area (Å²) < 4.78 is 61.4. The molecule has 182 valence electrons. The fraction of sp³-hybridized carbons (Fsp3) is 0.455. The molecule has 0 radical (unpaired) electrons. The van der Waals surface area contributed by atoms with Gasteiger partial charge in [-0.25, -0.2) is 21.6 Å². The van der Waals surface area contributed by atoms with Gasteiger partial charge >= 0.3 is 0 Å². The van der Waals surface area contributed by atoms with Crippen LogP contribution in [0, 0.1) is 0 Å². The molecule has 2 aliphatic rings. The van der Waals surface area contributed by atoms with E-state index in [9.17, 15) is 16.8 Å². The summed E-state index contributed by atoms with van der Waals surface area (Å²) in [6.07, 6.45) is 1.69. The minimum atomic E-state index is -3.86. The number of ether oxygens (including phenoxy) is 1. The van der Waals surface area contributed by atoms with Crippen molar-refractivity contribution < 1.29 is 21.6 Å². The molecule has 2 aliphatic heterocycles. The topological polar surface area (TPSA) is 96.0 Å². The molecule has 1 atom stereocenters. The number of sulfonamides is 2. The molecule has 0 bridgehead atoms. The zero-order chi connectivity index (χ0) is 22.6. The average Bonchev–Trinajstić information content (AvgIpc) is 3.36. The summed E-state index contributed by atoms with van der Waals surface area (Å²) in [6.45, 7) is 4.27. The fourth-order valence-electron chi connectivity index (χ4n) is 4.06. The average molecular weight is 516 g/mol. The van der Waals surface area contributed by atoms with Crippen LogP contribution in [0.2, 0.25) is 0 Å². The van der Waals surface area contributed by atoms with Crippen LogP contribution in [0.25, 0.3) is 0 Å². The molecule has 1 N–H and O–H groups in total. The monoisotopic (exact) mass is 515 g/mol. The summed E-state index contributed by atoms with van der Waals surface area (Å²) in [5.41, 5.74) is 0.871. The highest BCUT2D eigenvalue weighted by Crippen LogP contribution is 2.24. The lowest BCUT2D eigenvalue weighted by Crippen LogP contribution is -2.43. The molecule has 2 heterocycles. The number of morpholine rings is 1. The van der Waals surface area contributed by atoms with E-state index >= 15 is 0 Å². The van der Waals surface area contributed by atoms with Crippen LogP contribution in [-0.4, -0.2) is 72.0 Å². The van der Waals surface area contributed by atoms with Gasteiger partial charge in [0.2, 0.25) is 20.0 Å². The lowest BCUT2D eigenvalue weighted by Gasteiger charge is -2.31. The molecule has 2 saturated heterocycles. The quantitative estimate of drug-likeness (QED) is 0.579. The molecule has 0 aliphatic carbocycles. The Morgan fingerprint density at radius 1 is 0.818 bits per heavy atom. The molecular weight excluding hydrogens is 486 g/mol. The van der Waals surface area contributed by atoms with Gasteiger partial charge in [-0.15, -0.1) is 12.4 Å². The number of nitrogens with zero attached hydrogens (tertiary/aromatic N) is 2. The Balaban J connectivity index is 0.00000306. The summed E-state index contributed by atoms with van der Waals surface area (Å²) in [6, 6.07) is 14.5. The van der Waals surface area contributed by atoms with Crippen molar-refractivity contribution in [1.29, 1.82) is 0 Å². The molecule has 4 rings (SSSR count). The van der Waals surface area contributed by atoms with Gasteiger partial charge in [-0.2, -0.15) is 4.31 Å². The van der Waals surface area contributed by atoms with Crippen molar-refractivity contribution in [3.8, 4) is 0 Å². The van der Waals surface area contributed by atoms with E-state index in [1.54, 1.807) is 0 Å². The second-order valence-electron chi connectivity index (χ2n) is 8.08. The Bertz CT molecular complexity index is 1100. The van der Waals surface area contributed by atoms with Crippen molar-refractivity contribution in [3.63, 3.8) is 0 Å². The van der Waals surface area contributed by atoms with Gasteiger partial charge in [-0.1, -0.05) is 30.3 Å². The summed E-state index contributed by atoms with van der Waals surface area (Å²) in [5, 5.41) is 0. The van der Waals surface area contributed by atoms with E-state index in [1.165, 1.54) is 28.6 Å². The second kappa shape index (κ2) is 11.3. The molecule has 0 amide bonds. The smallest absolute Gasteiger partial charge is 0.243 e. The maximum absolute atomic E-state index is 13.2. The molecule has 11 heteroatoms. The van der Waals surface area contributed by atoms with Crippen molar-refractivity contribution in [2.75, 3.05) is 45.9 Å². The number of halogens is 1. The van der Waals surface area contributed by atoms with Crippen molar-refractivity contribution in [2.45, 2.75) is 28.7 Å². The van der Waals surface area contributed by atoms with Gasteiger partial charge < -0.3 is 4.74 Å². The molecule has 0 spiro atoms. The first kappa shape index (κ1) is 26.1. The number of benzene rings is 2. The SMILES string of the molecule is Cl.O=S(=O)(NC(CN1CCOCC1)c1ccccc1)c1ccc(S(=O)(=O)N2CCCC2)cc1. The van der Waals surface area contributed by atoms with Crippen LogP contribution in [0.3, 0.4) is 0 Å². The van der Waals surface area contributed by atoms with Crippen LogP contribution in [-0.2, 0) is 24.8 Å². The van der Waals surface area contributed by atoms with Crippen LogP contribution >= 0.6 is 12.4 Å². The third-order valence-corrected chi connectivity index (χ3v) is 9.28. The Labute approximate surface area is 202 Å². The highest BCUT2D eigenvalue weighted by atomic mass is 35.5. The molecule has 8 nitrogen and oxygen atoms in total. The predicted molar refractivity (Wildman–Crippen MR) is 128 cm³/mol. The second-order valence-corrected chi connectivity index (χ2v) is 11.7. The Hall–Kier alpha value is -1.53. The summed E-state index contributed by atoms with van der Waals surface area (Å²) >= 11 is 0. The van der Waals surface area contributed by atoms with Gasteiger partial charge in [0.25, 0.3) is 0 Å². The lowest BCUT2D eigenvalue weighted by molar-refractivity contribution is 0.0345. The minimum absolute atomic E-state index is 0. The van der Waals surface area contributed by atoms with Crippen LogP contribution in [0.1, 0.15) is 24.4 Å². The third kappa shape index (κ3) is 6.33. The Morgan fingerprint density at radius 2 is 1.39 bits per heavy atom. The Morgan fingerprint density at radius 3 is 2.00 bits per heavy atom. The first-order chi connectivity index (χ1) is 15.4. The van der Waals surface area contributed by atoms with Crippen molar-refractivity contribution in [3.05, 3.63) is 60.2 Å². The van der Waals surface area contributed by atoms with E-state index in [0.29, 0.717) is 32.8 Å². The van der Waals surface area contributed by atoms with E-state index in [0.717, 1.165) is 31.5 Å². The summed E-state index contributed by atoms with van der Waals surface area (Å²) in [7, 11) is -7.44. The van der Waals surface area contributed by atoms with Gasteiger partial charge in [0.05, 0.1) is 29.0 Å². The first-order valence-corrected chi connectivity index (χ1v) is 13.8. The Kier molecular flexibility index (Phi) is 8.90. The molecule has 2 aromatic rings. The zero-order valence-electron chi connectivity index (χ0n) is 18.3. The van der Waals surface area contributed by atoms with E-state index in [2.05, 4.69) is 9.62 Å². The van der Waals surface area contributed by atoms with E-state index in [4.69, 9.17) is 4.74 Å². The maximum atomic E-state index is 13.2. The molecule has 2 aromatic carbocycles. The van der Waals surface area contributed by atoms with E-state index in [-0.39, 0.29) is 22.2 Å². The highest BCUT2D eigenvalue weighted by Gasteiger charge is 2.28. The number of rotatable bonds is 8. The summed E-state index contributed by atoms with van der Waals surface area (Å²) in [4.78, 5) is 2.34. The summed E-state index contributed by atoms with van der Waals surface area (Å²) in [5.74, 6) is 0. The predicted octanol–water partition coefficient (Wildman–Crippen LogP) is 2.24. The van der Waals surface area contributed by atoms with Gasteiger partial charge in [0.15, 0.2) is 0 Å². The molecule has 0 saturated carbocycles. The van der Waals surface area contributed by atoms with Gasteiger partial charge in [-0.3, -0.25) is 4.90 Å². The van der Waals surface area contributed by atoms with Crippen LogP contribution in [0.5, 0.6) is 0 Å². The van der Waals surface area contributed by atoms with E-state index < -0.39 is 26.1 Å². The normalized spacial score (nSPS) is 19.2. The minimum Gasteiger partial charge on any atom is -0.379 e. The van der Waals surface area contributed by atoms with Gasteiger partial charge in [0.1, 0.15) is 0 Å². The first-order valence-electron chi connectivity index (χ1n) is 10.8. The van der Waals surface area contributed by atoms with Crippen LogP contribution in [0.15, 0.2) is 64.4 Å². The van der Waals surface area contributed by atoms with Crippen molar-refractivity contribution in [1.82, 2.24) is 13.9 Å². The number of hydrogen-bond acceptors (Lipinski definition) is 6. The molecule has 33 heavy (non-hydrogen) atoms. The van der Waals surface area contributed by atoms with Crippen molar-refractivity contribution in [2.24, 2.45) is 0 Å². The molecular formula is C22H30ClN3O5S2. The molecule has 0 aromatic heterocycles. The highest BCUT2D eigenvalue weighted by molar-refractivity contribution is 7.89. The van der Waals surface area contributed by atoms with Gasteiger partial charge in [-0.05, 0) is 42.7 Å². The standard InChI is InChI=1S/C22H29N3O5S2.ClH/c26-31(27,20-8-10-21(11-9-20)32(28,29)25-12-4-5-13-25)23-22(19-6-2-1-3-7-19)18-24-14-16-30-17-15-24;/h1-3,6-11,22-23H,4-5,12-18H2;1H. The fourth-order valence-corrected chi connectivity index (χ4v) is 6.79. The van der Waals surface area contributed by atoms with Crippen LogP contribution in [0.4, 0.5) is 0 Å². The lowest BCUT2D eigenvalue weighted by atomic mass is 10.1. The number of nitrogens with one attached hydrogen (secondary N) is 1. The van der Waals surface area contributed by atoms with Crippen LogP contribution < -0.4 is 4.72 Å². The third-order valence-electron chi connectivity index (χ3n) is 5.88. The van der Waals surface area contributed by atoms with Gasteiger partial charge in [0, 0.05) is 32.7 Å². The largest absolute Gasteiger partial charge is 0.379 e. The maximum Gasteiger partial charge on any atom is 0.243 e. The van der Waals surface area contributed by atoms with Crippen molar-refractivity contribution >= 4 is 32.5 Å². The molecule has 1 unspecified atom stereocenters. The number of hydrogen-bond donors (Lipinski definition) is 1. The molecule has 2 fully saturated rings. The zero-order valence-corrected chi connectivity index (χ0v) is 20.7.